The van der Waals surface area contributed by atoms with Gasteiger partial charge in [0.15, 0.2) is 0 Å². The fourth-order valence-electron chi connectivity index (χ4n) is 2.44. The highest BCUT2D eigenvalue weighted by atomic mass is 35.5. The van der Waals surface area contributed by atoms with Gasteiger partial charge in [0, 0.05) is 37.9 Å². The molecular weight excluding hydrogens is 313 g/mol. The summed E-state index contributed by atoms with van der Waals surface area (Å²) in [5.74, 6) is 0. The number of amides is 1. The van der Waals surface area contributed by atoms with E-state index in [4.69, 9.17) is 28.3 Å². The Bertz CT molecular complexity index is 491. The molecule has 1 aliphatic rings. The molecule has 1 aromatic carbocycles. The lowest BCUT2D eigenvalue weighted by atomic mass is 10.0. The number of anilines is 1. The van der Waals surface area contributed by atoms with Crippen molar-refractivity contribution in [2.75, 3.05) is 31.5 Å². The van der Waals surface area contributed by atoms with E-state index in [1.54, 1.807) is 6.07 Å². The molecule has 5 nitrogen and oxygen atoms in total. The molecule has 2 rings (SSSR count). The van der Waals surface area contributed by atoms with Crippen LogP contribution in [-0.2, 0) is 0 Å². The van der Waals surface area contributed by atoms with Gasteiger partial charge in [0.1, 0.15) is 0 Å². The van der Waals surface area contributed by atoms with Crippen LogP contribution in [-0.4, -0.2) is 48.3 Å². The van der Waals surface area contributed by atoms with E-state index >= 15 is 0 Å². The zero-order valence-corrected chi connectivity index (χ0v) is 13.1. The van der Waals surface area contributed by atoms with Gasteiger partial charge in [-0.3, -0.25) is 0 Å². The number of hydrogen-bond acceptors (Lipinski definition) is 3. The zero-order valence-electron chi connectivity index (χ0n) is 11.6. The van der Waals surface area contributed by atoms with Crippen LogP contribution >= 0.6 is 23.2 Å². The monoisotopic (exact) mass is 331 g/mol. The van der Waals surface area contributed by atoms with Crippen LogP contribution in [0, 0.1) is 0 Å². The largest absolute Gasteiger partial charge is 0.465 e. The summed E-state index contributed by atoms with van der Waals surface area (Å²) >= 11 is 11.9. The summed E-state index contributed by atoms with van der Waals surface area (Å²) in [6.07, 6.45) is 1.08. The highest BCUT2D eigenvalue weighted by Crippen LogP contribution is 2.26. The topological polar surface area (TPSA) is 64.6 Å². The van der Waals surface area contributed by atoms with E-state index < -0.39 is 6.09 Å². The number of likely N-dealkylation sites (tertiary alicyclic amines) is 1. The summed E-state index contributed by atoms with van der Waals surface area (Å²) in [6.45, 7) is 3.15. The SMILES string of the molecule is O=C(O)NCCN1CCC(Nc2ccc(Cl)c(Cl)c2)CC1. The number of carbonyl (C=O) groups is 1. The van der Waals surface area contributed by atoms with E-state index in [0.717, 1.165) is 38.2 Å². The van der Waals surface area contributed by atoms with Gasteiger partial charge in [-0.05, 0) is 31.0 Å². The van der Waals surface area contributed by atoms with E-state index in [0.29, 0.717) is 22.6 Å². The van der Waals surface area contributed by atoms with Crippen molar-refractivity contribution < 1.29 is 9.90 Å². The summed E-state index contributed by atoms with van der Waals surface area (Å²) in [6, 6.07) is 5.97. The fraction of sp³-hybridized carbons (Fsp3) is 0.500. The maximum absolute atomic E-state index is 10.4. The molecule has 116 valence electrons. The van der Waals surface area contributed by atoms with Crippen molar-refractivity contribution in [1.82, 2.24) is 10.2 Å². The van der Waals surface area contributed by atoms with Crippen LogP contribution in [0.3, 0.4) is 0 Å². The number of hydrogen-bond donors (Lipinski definition) is 3. The fourth-order valence-corrected chi connectivity index (χ4v) is 2.74. The van der Waals surface area contributed by atoms with Crippen molar-refractivity contribution in [2.24, 2.45) is 0 Å². The Labute approximate surface area is 134 Å². The van der Waals surface area contributed by atoms with Gasteiger partial charge in [0.2, 0.25) is 0 Å². The maximum Gasteiger partial charge on any atom is 0.404 e. The Kier molecular flexibility index (Phi) is 5.96. The Hall–Kier alpha value is -1.17. The number of carboxylic acid groups (broad SMARTS) is 1. The standard InChI is InChI=1S/C14H19Cl2N3O2/c15-12-2-1-11(9-13(12)16)18-10-3-6-19(7-4-10)8-5-17-14(20)21/h1-2,9-10,17-18H,3-8H2,(H,20,21). The molecule has 1 fully saturated rings. The molecule has 7 heteroatoms. The molecular formula is C14H19Cl2N3O2. The summed E-state index contributed by atoms with van der Waals surface area (Å²) in [5, 5.41) is 15.5. The summed E-state index contributed by atoms with van der Waals surface area (Å²) in [7, 11) is 0. The van der Waals surface area contributed by atoms with Gasteiger partial charge in [-0.25, -0.2) is 4.79 Å². The second-order valence-corrected chi connectivity index (χ2v) is 5.94. The first-order valence-electron chi connectivity index (χ1n) is 6.95. The zero-order chi connectivity index (χ0) is 15.2. The predicted molar refractivity (Wildman–Crippen MR) is 85.6 cm³/mol. The Morgan fingerprint density at radius 1 is 1.29 bits per heavy atom. The highest BCUT2D eigenvalue weighted by molar-refractivity contribution is 6.42. The molecule has 1 saturated heterocycles. The van der Waals surface area contributed by atoms with E-state index in [1.807, 2.05) is 12.1 Å². The summed E-state index contributed by atoms with van der Waals surface area (Å²) in [5.41, 5.74) is 0.982. The summed E-state index contributed by atoms with van der Waals surface area (Å²) in [4.78, 5) is 12.7. The lowest BCUT2D eigenvalue weighted by molar-refractivity contribution is 0.186. The van der Waals surface area contributed by atoms with Crippen LogP contribution in [0.25, 0.3) is 0 Å². The van der Waals surface area contributed by atoms with Crippen LogP contribution in [0.5, 0.6) is 0 Å². The number of rotatable bonds is 5. The third-order valence-electron chi connectivity index (χ3n) is 3.58. The molecule has 0 saturated carbocycles. The number of piperidine rings is 1. The third-order valence-corrected chi connectivity index (χ3v) is 4.32. The van der Waals surface area contributed by atoms with Crippen molar-refractivity contribution in [3.05, 3.63) is 28.2 Å². The normalized spacial score (nSPS) is 16.7. The van der Waals surface area contributed by atoms with E-state index in [9.17, 15) is 4.79 Å². The summed E-state index contributed by atoms with van der Waals surface area (Å²) < 4.78 is 0. The van der Waals surface area contributed by atoms with Crippen LogP contribution in [0.15, 0.2) is 18.2 Å². The minimum atomic E-state index is -0.967. The van der Waals surface area contributed by atoms with Crippen LogP contribution < -0.4 is 10.6 Å². The average molecular weight is 332 g/mol. The maximum atomic E-state index is 10.4. The van der Waals surface area contributed by atoms with Crippen LogP contribution in [0.4, 0.5) is 10.5 Å². The number of benzene rings is 1. The molecule has 1 amide bonds. The number of halogens is 2. The van der Waals surface area contributed by atoms with E-state index in [2.05, 4.69) is 15.5 Å². The van der Waals surface area contributed by atoms with E-state index in [1.165, 1.54) is 0 Å². The molecule has 1 heterocycles. The molecule has 0 atom stereocenters. The molecule has 0 spiro atoms. The van der Waals surface area contributed by atoms with Gasteiger partial charge in [0.05, 0.1) is 10.0 Å². The first-order valence-corrected chi connectivity index (χ1v) is 7.71. The number of nitrogens with one attached hydrogen (secondary N) is 2. The Morgan fingerprint density at radius 3 is 2.62 bits per heavy atom. The minimum absolute atomic E-state index is 0.408. The predicted octanol–water partition coefficient (Wildman–Crippen LogP) is 3.14. The first-order chi connectivity index (χ1) is 10.0. The van der Waals surface area contributed by atoms with Gasteiger partial charge in [0.25, 0.3) is 0 Å². The van der Waals surface area contributed by atoms with Gasteiger partial charge < -0.3 is 20.6 Å². The second kappa shape index (κ2) is 7.73. The first kappa shape index (κ1) is 16.2. The highest BCUT2D eigenvalue weighted by Gasteiger charge is 2.18. The quantitative estimate of drug-likeness (QED) is 0.775. The molecule has 0 aromatic heterocycles. The van der Waals surface area contributed by atoms with Gasteiger partial charge >= 0.3 is 6.09 Å². The van der Waals surface area contributed by atoms with Gasteiger partial charge in [-0.2, -0.15) is 0 Å². The van der Waals surface area contributed by atoms with Crippen LogP contribution in [0.1, 0.15) is 12.8 Å². The van der Waals surface area contributed by atoms with Crippen molar-refractivity contribution >= 4 is 35.0 Å². The molecule has 3 N–H and O–H groups in total. The smallest absolute Gasteiger partial charge is 0.404 e. The average Bonchev–Trinajstić information content (AvgIpc) is 2.44. The van der Waals surface area contributed by atoms with Crippen molar-refractivity contribution in [1.29, 1.82) is 0 Å². The van der Waals surface area contributed by atoms with Gasteiger partial charge in [-0.1, -0.05) is 23.2 Å². The van der Waals surface area contributed by atoms with Crippen LogP contribution in [0.2, 0.25) is 10.0 Å². The lowest BCUT2D eigenvalue weighted by Gasteiger charge is -2.32. The molecule has 0 bridgehead atoms. The lowest BCUT2D eigenvalue weighted by Crippen LogP contribution is -2.42. The number of nitrogens with zero attached hydrogens (tertiary/aromatic N) is 1. The van der Waals surface area contributed by atoms with Gasteiger partial charge in [-0.15, -0.1) is 0 Å². The molecule has 0 unspecified atom stereocenters. The third kappa shape index (κ3) is 5.26. The molecule has 1 aromatic rings. The Morgan fingerprint density at radius 2 is 2.00 bits per heavy atom. The van der Waals surface area contributed by atoms with Crippen molar-refractivity contribution in [3.63, 3.8) is 0 Å². The molecule has 0 radical (unpaired) electrons. The van der Waals surface area contributed by atoms with Crippen molar-refractivity contribution in [3.8, 4) is 0 Å². The second-order valence-electron chi connectivity index (χ2n) is 5.12. The minimum Gasteiger partial charge on any atom is -0.465 e. The van der Waals surface area contributed by atoms with E-state index in [-0.39, 0.29) is 0 Å². The molecule has 21 heavy (non-hydrogen) atoms. The Balaban J connectivity index is 1.73. The van der Waals surface area contributed by atoms with Crippen molar-refractivity contribution in [2.45, 2.75) is 18.9 Å². The molecule has 1 aliphatic heterocycles. The molecule has 0 aliphatic carbocycles.